The van der Waals surface area contributed by atoms with E-state index in [2.05, 4.69) is 46.6 Å². The Hall–Kier alpha value is -2.33. The fourth-order valence-electron chi connectivity index (χ4n) is 3.34. The van der Waals surface area contributed by atoms with Crippen molar-refractivity contribution in [2.75, 3.05) is 23.4 Å². The van der Waals surface area contributed by atoms with Crippen LogP contribution in [0.4, 0.5) is 17.1 Å². The van der Waals surface area contributed by atoms with E-state index >= 15 is 0 Å². The molecule has 4 rings (SSSR count). The summed E-state index contributed by atoms with van der Waals surface area (Å²) in [7, 11) is 0. The molecule has 0 saturated carbocycles. The average Bonchev–Trinajstić information content (AvgIpc) is 3.25. The van der Waals surface area contributed by atoms with Crippen LogP contribution in [0.5, 0.6) is 0 Å². The second kappa shape index (κ2) is 6.05. The zero-order chi connectivity index (χ0) is 15.6. The molecule has 2 aromatic carbocycles. The third-order valence-electron chi connectivity index (χ3n) is 4.56. The molecule has 0 aliphatic carbocycles. The minimum atomic E-state index is -0.292. The van der Waals surface area contributed by atoms with Gasteiger partial charge in [-0.1, -0.05) is 18.2 Å². The topological polar surface area (TPSA) is 41.6 Å². The molecule has 1 unspecified atom stereocenters. The molecule has 0 aromatic heterocycles. The molecule has 1 amide bonds. The summed E-state index contributed by atoms with van der Waals surface area (Å²) < 4.78 is 5.41. The van der Waals surface area contributed by atoms with Crippen LogP contribution in [-0.4, -0.2) is 25.2 Å². The van der Waals surface area contributed by atoms with E-state index in [1.54, 1.807) is 0 Å². The molecule has 1 atom stereocenters. The Bertz CT molecular complexity index is 706. The Balaban J connectivity index is 1.47. The van der Waals surface area contributed by atoms with Crippen molar-refractivity contribution in [3.8, 4) is 0 Å². The summed E-state index contributed by atoms with van der Waals surface area (Å²) in [6.45, 7) is 1.69. The monoisotopic (exact) mass is 308 g/mol. The van der Waals surface area contributed by atoms with Gasteiger partial charge in [0, 0.05) is 30.2 Å². The lowest BCUT2D eigenvalue weighted by Crippen LogP contribution is -2.26. The predicted molar refractivity (Wildman–Crippen MR) is 91.2 cm³/mol. The summed E-state index contributed by atoms with van der Waals surface area (Å²) in [4.78, 5) is 14.4. The van der Waals surface area contributed by atoms with Gasteiger partial charge in [-0.05, 0) is 55.2 Å². The quantitative estimate of drug-likeness (QED) is 0.943. The fraction of sp³-hybridized carbons (Fsp3) is 0.316. The van der Waals surface area contributed by atoms with Gasteiger partial charge < -0.3 is 15.0 Å². The molecule has 23 heavy (non-hydrogen) atoms. The van der Waals surface area contributed by atoms with E-state index in [4.69, 9.17) is 4.74 Å². The van der Waals surface area contributed by atoms with Gasteiger partial charge >= 0.3 is 0 Å². The molecule has 118 valence electrons. The molecule has 2 aromatic rings. The van der Waals surface area contributed by atoms with Gasteiger partial charge in [-0.2, -0.15) is 0 Å². The second-order valence-electron chi connectivity index (χ2n) is 6.07. The van der Waals surface area contributed by atoms with Crippen molar-refractivity contribution in [3.63, 3.8) is 0 Å². The van der Waals surface area contributed by atoms with E-state index in [1.807, 2.05) is 12.1 Å². The van der Waals surface area contributed by atoms with Gasteiger partial charge in [-0.25, -0.2) is 0 Å². The standard InChI is InChI=1S/C19H20N2O2/c22-19(18-6-3-13-23-18)20-15-7-9-16(10-8-15)21-12-11-14-4-1-2-5-17(14)21/h1-2,4-5,7-10,18H,3,6,11-13H2,(H,20,22). The van der Waals surface area contributed by atoms with Gasteiger partial charge in [0.05, 0.1) is 0 Å². The lowest BCUT2D eigenvalue weighted by Gasteiger charge is -2.20. The third kappa shape index (κ3) is 2.82. The van der Waals surface area contributed by atoms with Gasteiger partial charge in [0.25, 0.3) is 5.91 Å². The number of nitrogens with one attached hydrogen (secondary N) is 1. The van der Waals surface area contributed by atoms with Gasteiger partial charge in [0.15, 0.2) is 0 Å². The highest BCUT2D eigenvalue weighted by atomic mass is 16.5. The average molecular weight is 308 g/mol. The maximum Gasteiger partial charge on any atom is 0.253 e. The maximum absolute atomic E-state index is 12.1. The normalized spacial score (nSPS) is 19.7. The van der Waals surface area contributed by atoms with Crippen LogP contribution in [0.2, 0.25) is 0 Å². The van der Waals surface area contributed by atoms with Crippen molar-refractivity contribution in [3.05, 3.63) is 54.1 Å². The maximum atomic E-state index is 12.1. The van der Waals surface area contributed by atoms with Crippen LogP contribution in [0.1, 0.15) is 18.4 Å². The van der Waals surface area contributed by atoms with Crippen LogP contribution in [0.3, 0.4) is 0 Å². The molecule has 2 heterocycles. The molecule has 4 nitrogen and oxygen atoms in total. The Morgan fingerprint density at radius 3 is 2.74 bits per heavy atom. The number of benzene rings is 2. The van der Waals surface area contributed by atoms with Crippen LogP contribution in [0.15, 0.2) is 48.5 Å². The number of amides is 1. The van der Waals surface area contributed by atoms with E-state index in [0.29, 0.717) is 6.61 Å². The number of nitrogens with zero attached hydrogens (tertiary/aromatic N) is 1. The first-order valence-corrected chi connectivity index (χ1v) is 8.19. The summed E-state index contributed by atoms with van der Waals surface area (Å²) in [6, 6.07) is 16.6. The molecule has 2 aliphatic heterocycles. The number of ether oxygens (including phenoxy) is 1. The van der Waals surface area contributed by atoms with Gasteiger partial charge in [0.2, 0.25) is 0 Å². The first kappa shape index (κ1) is 14.3. The molecule has 1 N–H and O–H groups in total. The summed E-state index contributed by atoms with van der Waals surface area (Å²) in [6.07, 6.45) is 2.56. The smallest absolute Gasteiger partial charge is 0.253 e. The summed E-state index contributed by atoms with van der Waals surface area (Å²) in [5, 5.41) is 2.94. The number of anilines is 3. The number of hydrogen-bond acceptors (Lipinski definition) is 3. The first-order valence-electron chi connectivity index (χ1n) is 8.19. The molecule has 1 saturated heterocycles. The fourth-order valence-corrected chi connectivity index (χ4v) is 3.34. The highest BCUT2D eigenvalue weighted by Gasteiger charge is 2.24. The highest BCUT2D eigenvalue weighted by Crippen LogP contribution is 2.34. The van der Waals surface area contributed by atoms with Gasteiger partial charge in [-0.15, -0.1) is 0 Å². The molecular weight excluding hydrogens is 288 g/mol. The molecule has 0 bridgehead atoms. The van der Waals surface area contributed by atoms with E-state index in [1.165, 1.54) is 11.3 Å². The predicted octanol–water partition coefficient (Wildman–Crippen LogP) is 3.50. The molecule has 4 heteroatoms. The number of fused-ring (bicyclic) bond motifs is 1. The van der Waals surface area contributed by atoms with Crippen molar-refractivity contribution >= 4 is 23.0 Å². The number of carbonyl (C=O) groups is 1. The van der Waals surface area contributed by atoms with Crippen molar-refractivity contribution in [2.24, 2.45) is 0 Å². The van der Waals surface area contributed by atoms with Gasteiger partial charge in [-0.3, -0.25) is 4.79 Å². The van der Waals surface area contributed by atoms with E-state index in [-0.39, 0.29) is 12.0 Å². The summed E-state index contributed by atoms with van der Waals surface area (Å²) in [5.74, 6) is -0.0400. The minimum absolute atomic E-state index is 0.0400. The lowest BCUT2D eigenvalue weighted by molar-refractivity contribution is -0.124. The van der Waals surface area contributed by atoms with Crippen LogP contribution in [0, 0.1) is 0 Å². The minimum Gasteiger partial charge on any atom is -0.368 e. The van der Waals surface area contributed by atoms with E-state index in [9.17, 15) is 4.79 Å². The SMILES string of the molecule is O=C(Nc1ccc(N2CCc3ccccc32)cc1)C1CCCO1. The molecule has 1 fully saturated rings. The van der Waals surface area contributed by atoms with Crippen LogP contribution < -0.4 is 10.2 Å². The molecule has 0 radical (unpaired) electrons. The Morgan fingerprint density at radius 1 is 1.13 bits per heavy atom. The number of carbonyl (C=O) groups excluding carboxylic acids is 1. The second-order valence-corrected chi connectivity index (χ2v) is 6.07. The first-order chi connectivity index (χ1) is 11.3. The Kier molecular flexibility index (Phi) is 3.75. The largest absolute Gasteiger partial charge is 0.368 e. The summed E-state index contributed by atoms with van der Waals surface area (Å²) >= 11 is 0. The van der Waals surface area contributed by atoms with Crippen molar-refractivity contribution in [1.82, 2.24) is 0 Å². The van der Waals surface area contributed by atoms with Crippen molar-refractivity contribution in [1.29, 1.82) is 0 Å². The number of para-hydroxylation sites is 1. The van der Waals surface area contributed by atoms with Crippen LogP contribution in [-0.2, 0) is 16.0 Å². The zero-order valence-electron chi connectivity index (χ0n) is 13.0. The van der Waals surface area contributed by atoms with Crippen molar-refractivity contribution < 1.29 is 9.53 Å². The van der Waals surface area contributed by atoms with Crippen LogP contribution >= 0.6 is 0 Å². The van der Waals surface area contributed by atoms with Gasteiger partial charge in [0.1, 0.15) is 6.10 Å². The number of rotatable bonds is 3. The Morgan fingerprint density at radius 2 is 1.96 bits per heavy atom. The molecule has 2 aliphatic rings. The van der Waals surface area contributed by atoms with E-state index in [0.717, 1.165) is 37.2 Å². The summed E-state index contributed by atoms with van der Waals surface area (Å²) in [5.41, 5.74) is 4.65. The van der Waals surface area contributed by atoms with E-state index < -0.39 is 0 Å². The van der Waals surface area contributed by atoms with Crippen LogP contribution in [0.25, 0.3) is 0 Å². The number of hydrogen-bond donors (Lipinski definition) is 1. The molecular formula is C19H20N2O2. The molecule has 0 spiro atoms. The zero-order valence-corrected chi connectivity index (χ0v) is 13.0. The Labute approximate surface area is 136 Å². The highest BCUT2D eigenvalue weighted by molar-refractivity contribution is 5.94. The lowest BCUT2D eigenvalue weighted by atomic mass is 10.2. The van der Waals surface area contributed by atoms with Crippen molar-refractivity contribution in [2.45, 2.75) is 25.4 Å². The third-order valence-corrected chi connectivity index (χ3v) is 4.56.